The Bertz CT molecular complexity index is 107. The summed E-state index contributed by atoms with van der Waals surface area (Å²) in [6.07, 6.45) is 7.62. The molecule has 0 fully saturated rings. The van der Waals surface area contributed by atoms with Crippen LogP contribution in [0.4, 0.5) is 0 Å². The van der Waals surface area contributed by atoms with Gasteiger partial charge >= 0.3 is 18.9 Å². The molecular formula is C6H10BLi. The minimum atomic E-state index is 0. The van der Waals surface area contributed by atoms with Gasteiger partial charge in [0, 0.05) is 0 Å². The molecule has 1 aliphatic rings. The first-order valence-electron chi connectivity index (χ1n) is 2.73. The number of rotatable bonds is 0. The van der Waals surface area contributed by atoms with E-state index in [1.54, 1.807) is 0 Å². The van der Waals surface area contributed by atoms with Gasteiger partial charge in [0.25, 0.3) is 0 Å². The topological polar surface area (TPSA) is 0 Å². The van der Waals surface area contributed by atoms with Gasteiger partial charge in [0.05, 0.1) is 0 Å². The second kappa shape index (κ2) is 4.06. The van der Waals surface area contributed by atoms with Crippen molar-refractivity contribution in [1.29, 1.82) is 0 Å². The van der Waals surface area contributed by atoms with Crippen LogP contribution < -0.4 is 0 Å². The van der Waals surface area contributed by atoms with E-state index in [9.17, 15) is 0 Å². The number of allylic oxidation sites excluding steroid dienone is 3. The van der Waals surface area contributed by atoms with E-state index >= 15 is 0 Å². The van der Waals surface area contributed by atoms with Crippen molar-refractivity contribution in [3.63, 3.8) is 0 Å². The van der Waals surface area contributed by atoms with Gasteiger partial charge in [-0.25, -0.2) is 0 Å². The molecule has 0 aromatic rings. The van der Waals surface area contributed by atoms with E-state index in [-0.39, 0.29) is 18.9 Å². The van der Waals surface area contributed by atoms with Crippen LogP contribution in [0.25, 0.3) is 0 Å². The Kier molecular flexibility index (Phi) is 4.14. The monoisotopic (exact) mass is 100 g/mol. The third-order valence-corrected chi connectivity index (χ3v) is 1.19. The number of hydrogen-bond acceptors (Lipinski definition) is 0. The molecule has 0 saturated heterocycles. The van der Waals surface area contributed by atoms with Gasteiger partial charge in [-0.15, -0.1) is 5.98 Å². The fourth-order valence-corrected chi connectivity index (χ4v) is 0.704. The van der Waals surface area contributed by atoms with Gasteiger partial charge < -0.3 is 0 Å². The summed E-state index contributed by atoms with van der Waals surface area (Å²) >= 11 is 0. The van der Waals surface area contributed by atoms with Crippen molar-refractivity contribution in [1.82, 2.24) is 0 Å². The Morgan fingerprint density at radius 2 is 2.12 bits per heavy atom. The van der Waals surface area contributed by atoms with E-state index in [0.29, 0.717) is 0 Å². The van der Waals surface area contributed by atoms with Crippen LogP contribution in [0.2, 0.25) is 13.1 Å². The quantitative estimate of drug-likeness (QED) is 0.400. The molecule has 0 unspecified atom stereocenters. The van der Waals surface area contributed by atoms with Crippen LogP contribution in [-0.2, 0) is 0 Å². The summed E-state index contributed by atoms with van der Waals surface area (Å²) in [6.45, 7) is 2.99. The van der Waals surface area contributed by atoms with Gasteiger partial charge in [0.15, 0.2) is 6.71 Å². The average molecular weight is 99.9 g/mol. The molecule has 8 heavy (non-hydrogen) atoms. The summed E-state index contributed by atoms with van der Waals surface area (Å²) in [6, 6.07) is 0. The van der Waals surface area contributed by atoms with Gasteiger partial charge in [0.2, 0.25) is 0 Å². The van der Waals surface area contributed by atoms with Crippen molar-refractivity contribution in [2.24, 2.45) is 0 Å². The molecule has 1 rings (SSSR count). The molecule has 0 bridgehead atoms. The van der Waals surface area contributed by atoms with Crippen molar-refractivity contribution in [2.75, 3.05) is 0 Å². The Labute approximate surface area is 63.3 Å². The Morgan fingerprint density at radius 1 is 1.38 bits per heavy atom. The fourth-order valence-electron chi connectivity index (χ4n) is 0.704. The van der Waals surface area contributed by atoms with Crippen LogP contribution in [0, 0.1) is 0 Å². The molecular weight excluding hydrogens is 89.8 g/mol. The van der Waals surface area contributed by atoms with Gasteiger partial charge in [-0.3, -0.25) is 0 Å². The molecule has 0 amide bonds. The SMILES string of the molecule is CB1C=CC=CC1.[LiH]. The van der Waals surface area contributed by atoms with Crippen molar-refractivity contribution < 1.29 is 0 Å². The summed E-state index contributed by atoms with van der Waals surface area (Å²) in [5, 5.41) is 0. The van der Waals surface area contributed by atoms with Crippen LogP contribution in [0.1, 0.15) is 0 Å². The van der Waals surface area contributed by atoms with Crippen molar-refractivity contribution in [3.8, 4) is 0 Å². The fraction of sp³-hybridized carbons (Fsp3) is 0.333. The van der Waals surface area contributed by atoms with E-state index in [4.69, 9.17) is 0 Å². The molecule has 0 aliphatic carbocycles. The zero-order chi connectivity index (χ0) is 5.11. The van der Waals surface area contributed by atoms with Crippen molar-refractivity contribution >= 4 is 25.6 Å². The molecule has 0 saturated carbocycles. The van der Waals surface area contributed by atoms with Gasteiger partial charge in [-0.1, -0.05) is 31.4 Å². The zero-order valence-corrected chi connectivity index (χ0v) is 4.59. The molecule has 0 aromatic carbocycles. The molecule has 38 valence electrons. The summed E-state index contributed by atoms with van der Waals surface area (Å²) in [7, 11) is 0. The first kappa shape index (κ1) is 8.14. The summed E-state index contributed by atoms with van der Waals surface area (Å²) in [5.41, 5.74) is 0. The molecule has 0 N–H and O–H groups in total. The predicted molar refractivity (Wildman–Crippen MR) is 41.9 cm³/mol. The predicted octanol–water partition coefficient (Wildman–Crippen LogP) is 1.13. The summed E-state index contributed by atoms with van der Waals surface area (Å²) in [5.74, 6) is 2.22. The molecule has 2 heteroatoms. The van der Waals surface area contributed by atoms with Crippen LogP contribution in [-0.4, -0.2) is 25.6 Å². The molecule has 0 aromatic heterocycles. The van der Waals surface area contributed by atoms with E-state index in [1.807, 2.05) is 0 Å². The average Bonchev–Trinajstić information content (AvgIpc) is 1.69. The normalized spacial score (nSPS) is 15.9. The maximum absolute atomic E-state index is 2.22. The summed E-state index contributed by atoms with van der Waals surface area (Å²) in [4.78, 5) is 0. The van der Waals surface area contributed by atoms with Crippen LogP contribution in [0.3, 0.4) is 0 Å². The van der Waals surface area contributed by atoms with Gasteiger partial charge in [-0.05, 0) is 0 Å². The Hall–Kier alpha value is 0.142. The van der Waals surface area contributed by atoms with Crippen molar-refractivity contribution in [2.45, 2.75) is 13.1 Å². The third-order valence-electron chi connectivity index (χ3n) is 1.19. The van der Waals surface area contributed by atoms with E-state index in [0.717, 1.165) is 6.71 Å². The van der Waals surface area contributed by atoms with E-state index in [1.165, 1.54) is 6.32 Å². The first-order chi connectivity index (χ1) is 3.39. The van der Waals surface area contributed by atoms with E-state index in [2.05, 4.69) is 31.0 Å². The van der Waals surface area contributed by atoms with Gasteiger partial charge in [0.1, 0.15) is 0 Å². The molecule has 0 atom stereocenters. The molecule has 0 nitrogen and oxygen atoms in total. The Morgan fingerprint density at radius 3 is 2.38 bits per heavy atom. The summed E-state index contributed by atoms with van der Waals surface area (Å²) < 4.78 is 0. The number of hydrogen-bond donors (Lipinski definition) is 0. The minimum absolute atomic E-state index is 0. The second-order valence-electron chi connectivity index (χ2n) is 2.03. The molecule has 1 heterocycles. The van der Waals surface area contributed by atoms with Crippen LogP contribution in [0.15, 0.2) is 24.2 Å². The molecule has 1 aliphatic heterocycles. The van der Waals surface area contributed by atoms with E-state index < -0.39 is 0 Å². The third kappa shape index (κ3) is 2.45. The van der Waals surface area contributed by atoms with Crippen LogP contribution in [0.5, 0.6) is 0 Å². The zero-order valence-electron chi connectivity index (χ0n) is 4.59. The first-order valence-corrected chi connectivity index (χ1v) is 2.73. The maximum atomic E-state index is 2.22. The standard InChI is InChI=1S/C6H9B.Li.H/c1-7-5-3-2-4-6-7;;/h2-5H,6H2,1H3;;. The second-order valence-corrected chi connectivity index (χ2v) is 2.03. The Balaban J connectivity index is 0.000000490. The van der Waals surface area contributed by atoms with Gasteiger partial charge in [-0.2, -0.15) is 0 Å². The molecule has 0 radical (unpaired) electrons. The van der Waals surface area contributed by atoms with Crippen molar-refractivity contribution in [3.05, 3.63) is 24.2 Å². The molecule has 0 spiro atoms. The van der Waals surface area contributed by atoms with Crippen LogP contribution >= 0.6 is 0 Å².